The van der Waals surface area contributed by atoms with Crippen LogP contribution in [0.25, 0.3) is 0 Å². The molecule has 1 aliphatic carbocycles. The highest BCUT2D eigenvalue weighted by Crippen LogP contribution is 2.26. The summed E-state index contributed by atoms with van der Waals surface area (Å²) in [6, 6.07) is 1.42. The summed E-state index contributed by atoms with van der Waals surface area (Å²) in [5, 5.41) is 7.18. The smallest absolute Gasteiger partial charge is 0.191 e. The number of guanidine groups is 1. The number of aliphatic imine (C=N–C) groups is 1. The Morgan fingerprint density at radius 3 is 2.56 bits per heavy atom. The maximum atomic E-state index is 4.44. The number of halogens is 1. The number of unbranched alkanes of at least 4 members (excludes halogenated alkanes) is 1. The van der Waals surface area contributed by atoms with Gasteiger partial charge in [-0.15, -0.1) is 24.0 Å². The van der Waals surface area contributed by atoms with E-state index in [1.54, 1.807) is 0 Å². The van der Waals surface area contributed by atoms with Gasteiger partial charge in [-0.05, 0) is 64.0 Å². The van der Waals surface area contributed by atoms with E-state index in [1.807, 2.05) is 7.05 Å². The lowest BCUT2D eigenvalue weighted by atomic mass is 10.0. The average molecular weight is 492 g/mol. The molecular formula is C21H42IN5. The van der Waals surface area contributed by atoms with Crippen LogP contribution in [0.2, 0.25) is 0 Å². The molecule has 0 aromatic rings. The zero-order valence-corrected chi connectivity index (χ0v) is 19.9. The molecule has 2 atom stereocenters. The number of nitrogens with one attached hydrogen (secondary N) is 2. The van der Waals surface area contributed by atoms with E-state index >= 15 is 0 Å². The largest absolute Gasteiger partial charge is 0.356 e. The van der Waals surface area contributed by atoms with Crippen molar-refractivity contribution >= 4 is 29.9 Å². The van der Waals surface area contributed by atoms with E-state index < -0.39 is 0 Å². The Morgan fingerprint density at radius 2 is 1.81 bits per heavy atom. The van der Waals surface area contributed by atoms with Crippen molar-refractivity contribution in [3.05, 3.63) is 0 Å². The van der Waals surface area contributed by atoms with Crippen molar-refractivity contribution in [3.8, 4) is 0 Å². The van der Waals surface area contributed by atoms with Gasteiger partial charge in [-0.3, -0.25) is 9.89 Å². The lowest BCUT2D eigenvalue weighted by Crippen LogP contribution is -2.45. The zero-order valence-electron chi connectivity index (χ0n) is 17.6. The van der Waals surface area contributed by atoms with E-state index in [9.17, 15) is 0 Å². The quantitative estimate of drug-likeness (QED) is 0.248. The van der Waals surface area contributed by atoms with Crippen molar-refractivity contribution in [1.82, 2.24) is 20.4 Å². The monoisotopic (exact) mass is 491 g/mol. The van der Waals surface area contributed by atoms with Gasteiger partial charge >= 0.3 is 0 Å². The summed E-state index contributed by atoms with van der Waals surface area (Å²) in [6.07, 6.45) is 12.3. The first kappa shape index (κ1) is 23.2. The second-order valence-electron chi connectivity index (χ2n) is 8.82. The first-order valence-electron chi connectivity index (χ1n) is 11.2. The molecule has 2 saturated heterocycles. The average Bonchev–Trinajstić information content (AvgIpc) is 3.32. The molecule has 0 aromatic heterocycles. The number of likely N-dealkylation sites (tertiary alicyclic amines) is 2. The lowest BCUT2D eigenvalue weighted by molar-refractivity contribution is 0.181. The van der Waals surface area contributed by atoms with Crippen LogP contribution in [-0.2, 0) is 0 Å². The summed E-state index contributed by atoms with van der Waals surface area (Å²) in [7, 11) is 1.90. The number of rotatable bonds is 7. The second-order valence-corrected chi connectivity index (χ2v) is 8.82. The van der Waals surface area contributed by atoms with Gasteiger partial charge in [0.25, 0.3) is 0 Å². The highest BCUT2D eigenvalue weighted by molar-refractivity contribution is 14.0. The van der Waals surface area contributed by atoms with Gasteiger partial charge in [0, 0.05) is 45.3 Å². The maximum Gasteiger partial charge on any atom is 0.191 e. The van der Waals surface area contributed by atoms with E-state index in [2.05, 4.69) is 32.3 Å². The van der Waals surface area contributed by atoms with Crippen molar-refractivity contribution < 1.29 is 0 Å². The van der Waals surface area contributed by atoms with Crippen LogP contribution < -0.4 is 10.6 Å². The highest BCUT2D eigenvalue weighted by atomic mass is 127. The van der Waals surface area contributed by atoms with Crippen LogP contribution in [0.15, 0.2) is 4.99 Å². The molecule has 3 aliphatic rings. The third-order valence-electron chi connectivity index (χ3n) is 6.56. The zero-order chi connectivity index (χ0) is 18.2. The van der Waals surface area contributed by atoms with Crippen LogP contribution in [0.4, 0.5) is 0 Å². The molecule has 2 unspecified atom stereocenters. The van der Waals surface area contributed by atoms with Gasteiger partial charge in [-0.1, -0.05) is 19.8 Å². The van der Waals surface area contributed by atoms with E-state index in [4.69, 9.17) is 0 Å². The van der Waals surface area contributed by atoms with Gasteiger partial charge in [0.2, 0.25) is 0 Å². The predicted octanol–water partition coefficient (Wildman–Crippen LogP) is 3.30. The minimum atomic E-state index is 0. The van der Waals surface area contributed by atoms with E-state index in [-0.39, 0.29) is 24.0 Å². The molecule has 0 aromatic carbocycles. The molecule has 2 aliphatic heterocycles. The molecule has 0 radical (unpaired) electrons. The molecule has 158 valence electrons. The normalized spacial score (nSPS) is 28.3. The molecule has 2 N–H and O–H groups in total. The SMILES string of the molecule is CN=C(NCCCCN1CCCC(C)C1)NC1CCN(C2CCCC2)C1.I. The van der Waals surface area contributed by atoms with Gasteiger partial charge < -0.3 is 15.5 Å². The third-order valence-corrected chi connectivity index (χ3v) is 6.56. The molecule has 1 saturated carbocycles. The number of hydrogen-bond acceptors (Lipinski definition) is 3. The molecule has 2 heterocycles. The van der Waals surface area contributed by atoms with Crippen LogP contribution in [-0.4, -0.2) is 74.2 Å². The summed E-state index contributed by atoms with van der Waals surface area (Å²) >= 11 is 0. The topological polar surface area (TPSA) is 42.9 Å². The Bertz CT molecular complexity index is 438. The molecule has 0 bridgehead atoms. The van der Waals surface area contributed by atoms with Crippen molar-refractivity contribution in [3.63, 3.8) is 0 Å². The first-order valence-corrected chi connectivity index (χ1v) is 11.2. The fourth-order valence-corrected chi connectivity index (χ4v) is 5.05. The molecule has 6 heteroatoms. The summed E-state index contributed by atoms with van der Waals surface area (Å²) < 4.78 is 0. The van der Waals surface area contributed by atoms with Gasteiger partial charge in [0.05, 0.1) is 0 Å². The summed E-state index contributed by atoms with van der Waals surface area (Å²) in [5.41, 5.74) is 0. The standard InChI is InChI=1S/C21H41N5.HI/c1-18-8-7-14-25(16-18)13-6-5-12-23-21(22-2)24-19-11-15-26(17-19)20-9-3-4-10-20;/h18-20H,3-17H2,1-2H3,(H2,22,23,24);1H. The number of piperidine rings is 1. The van der Waals surface area contributed by atoms with Crippen LogP contribution in [0.5, 0.6) is 0 Å². The first-order chi connectivity index (χ1) is 12.7. The minimum Gasteiger partial charge on any atom is -0.356 e. The Hall–Kier alpha value is -0.0800. The lowest BCUT2D eigenvalue weighted by Gasteiger charge is -2.30. The minimum absolute atomic E-state index is 0. The number of hydrogen-bond donors (Lipinski definition) is 2. The molecular weight excluding hydrogens is 449 g/mol. The van der Waals surface area contributed by atoms with Gasteiger partial charge in [0.15, 0.2) is 5.96 Å². The van der Waals surface area contributed by atoms with Gasteiger partial charge in [-0.2, -0.15) is 0 Å². The van der Waals surface area contributed by atoms with Crippen LogP contribution in [0, 0.1) is 5.92 Å². The van der Waals surface area contributed by atoms with Gasteiger partial charge in [0.1, 0.15) is 0 Å². The Morgan fingerprint density at radius 1 is 1.00 bits per heavy atom. The van der Waals surface area contributed by atoms with Crippen molar-refractivity contribution in [1.29, 1.82) is 0 Å². The Kier molecular flexibility index (Phi) is 10.7. The van der Waals surface area contributed by atoms with E-state index in [0.29, 0.717) is 6.04 Å². The molecule has 0 spiro atoms. The third kappa shape index (κ3) is 7.69. The molecule has 3 rings (SSSR count). The molecule has 27 heavy (non-hydrogen) atoms. The Balaban J connectivity index is 0.00000261. The van der Waals surface area contributed by atoms with E-state index in [1.165, 1.54) is 90.5 Å². The summed E-state index contributed by atoms with van der Waals surface area (Å²) in [4.78, 5) is 9.79. The van der Waals surface area contributed by atoms with Crippen LogP contribution in [0.1, 0.15) is 64.7 Å². The maximum absolute atomic E-state index is 4.44. The second kappa shape index (κ2) is 12.5. The fraction of sp³-hybridized carbons (Fsp3) is 0.952. The van der Waals surface area contributed by atoms with Crippen molar-refractivity contribution in [2.45, 2.75) is 76.8 Å². The summed E-state index contributed by atoms with van der Waals surface area (Å²) in [5.74, 6) is 1.88. The van der Waals surface area contributed by atoms with Crippen LogP contribution >= 0.6 is 24.0 Å². The molecule has 0 amide bonds. The van der Waals surface area contributed by atoms with Gasteiger partial charge in [-0.25, -0.2) is 0 Å². The van der Waals surface area contributed by atoms with Crippen molar-refractivity contribution in [2.75, 3.05) is 46.3 Å². The number of nitrogens with zero attached hydrogens (tertiary/aromatic N) is 3. The van der Waals surface area contributed by atoms with Crippen LogP contribution in [0.3, 0.4) is 0 Å². The highest BCUT2D eigenvalue weighted by Gasteiger charge is 2.30. The predicted molar refractivity (Wildman–Crippen MR) is 126 cm³/mol. The van der Waals surface area contributed by atoms with E-state index in [0.717, 1.165) is 24.5 Å². The van der Waals surface area contributed by atoms with Crippen molar-refractivity contribution in [2.24, 2.45) is 10.9 Å². The summed E-state index contributed by atoms with van der Waals surface area (Å²) in [6.45, 7) is 9.74. The molecule has 5 nitrogen and oxygen atoms in total. The fourth-order valence-electron chi connectivity index (χ4n) is 5.05. The Labute approximate surface area is 184 Å². The molecule has 3 fully saturated rings.